The highest BCUT2D eigenvalue weighted by Gasteiger charge is 2.34. The Balaban J connectivity index is 1.88. The van der Waals surface area contributed by atoms with Crippen molar-refractivity contribution in [2.75, 3.05) is 20.8 Å². The van der Waals surface area contributed by atoms with Gasteiger partial charge in [0.2, 0.25) is 0 Å². The number of ether oxygens (including phenoxy) is 3. The lowest BCUT2D eigenvalue weighted by Crippen LogP contribution is -2.37. The van der Waals surface area contributed by atoms with Gasteiger partial charge in [-0.1, -0.05) is 48.5 Å². The van der Waals surface area contributed by atoms with Crippen LogP contribution in [0.3, 0.4) is 0 Å². The van der Waals surface area contributed by atoms with Crippen LogP contribution in [0.2, 0.25) is 0 Å². The van der Waals surface area contributed by atoms with Crippen molar-refractivity contribution >= 4 is 28.9 Å². The van der Waals surface area contributed by atoms with E-state index in [0.29, 0.717) is 31.6 Å². The number of carbonyl (C=O) groups is 3. The van der Waals surface area contributed by atoms with Crippen molar-refractivity contribution in [2.24, 2.45) is 0 Å². The van der Waals surface area contributed by atoms with Crippen LogP contribution in [-0.4, -0.2) is 54.3 Å². The highest BCUT2D eigenvalue weighted by atomic mass is 16.6. The van der Waals surface area contributed by atoms with E-state index in [1.165, 1.54) is 14.2 Å². The molecule has 3 aromatic rings. The minimum Gasteiger partial charge on any atom is -0.468 e. The van der Waals surface area contributed by atoms with Crippen LogP contribution in [-0.2, 0) is 36.8 Å². The first-order chi connectivity index (χ1) is 17.1. The fraction of sp³-hybridized carbons (Fsp3) is 0.393. The highest BCUT2D eigenvalue weighted by molar-refractivity contribution is 6.02. The molecule has 8 nitrogen and oxygen atoms in total. The number of hydrogen-bond donors (Lipinski definition) is 1. The number of nitrogens with zero attached hydrogens (tertiary/aromatic N) is 1. The van der Waals surface area contributed by atoms with E-state index in [4.69, 9.17) is 14.2 Å². The Morgan fingerprint density at radius 2 is 1.53 bits per heavy atom. The van der Waals surface area contributed by atoms with Crippen LogP contribution in [0.5, 0.6) is 0 Å². The number of para-hydroxylation sites is 1. The monoisotopic (exact) mass is 494 g/mol. The average Bonchev–Trinajstić information content (AvgIpc) is 3.20. The summed E-state index contributed by atoms with van der Waals surface area (Å²) in [7, 11) is 2.48. The molecule has 36 heavy (non-hydrogen) atoms. The lowest BCUT2D eigenvalue weighted by molar-refractivity contribution is -0.154. The number of hydrogen-bond acceptors (Lipinski definition) is 6. The topological polar surface area (TPSA) is 97.9 Å². The fourth-order valence-electron chi connectivity index (χ4n) is 4.12. The maximum Gasteiger partial charge on any atom is 0.410 e. The third-order valence-corrected chi connectivity index (χ3v) is 5.73. The molecule has 1 heterocycles. The molecule has 0 unspecified atom stereocenters. The minimum absolute atomic E-state index is 0.396. The van der Waals surface area contributed by atoms with Crippen molar-refractivity contribution in [1.29, 1.82) is 0 Å². The maximum atomic E-state index is 13.0. The molecule has 192 valence electrons. The number of nitrogens with one attached hydrogen (secondary N) is 1. The van der Waals surface area contributed by atoms with Crippen LogP contribution >= 0.6 is 0 Å². The SMILES string of the molecule is COC(=O)C(C(=O)OC)c1[nH]c2ccccc2c1CCCN(Cc1ccccc1)C(=O)OC(C)(C)C. The predicted molar refractivity (Wildman–Crippen MR) is 136 cm³/mol. The molecule has 0 aliphatic carbocycles. The Morgan fingerprint density at radius 1 is 0.917 bits per heavy atom. The summed E-state index contributed by atoms with van der Waals surface area (Å²) in [6, 6.07) is 17.3. The van der Waals surface area contributed by atoms with Gasteiger partial charge in [0.05, 0.1) is 14.2 Å². The molecule has 0 aliphatic rings. The number of rotatable bonds is 9. The average molecular weight is 495 g/mol. The molecule has 0 aliphatic heterocycles. The lowest BCUT2D eigenvalue weighted by Gasteiger charge is -2.27. The summed E-state index contributed by atoms with van der Waals surface area (Å²) in [5, 5.41) is 0.900. The van der Waals surface area contributed by atoms with Crippen LogP contribution in [0.1, 0.15) is 49.9 Å². The van der Waals surface area contributed by atoms with Crippen LogP contribution in [0.15, 0.2) is 54.6 Å². The van der Waals surface area contributed by atoms with Gasteiger partial charge in [0.1, 0.15) is 5.60 Å². The van der Waals surface area contributed by atoms with Crippen molar-refractivity contribution in [3.05, 3.63) is 71.4 Å². The Hall–Kier alpha value is -3.81. The predicted octanol–water partition coefficient (Wildman–Crippen LogP) is 4.97. The van der Waals surface area contributed by atoms with E-state index in [0.717, 1.165) is 22.0 Å². The summed E-state index contributed by atoms with van der Waals surface area (Å²) < 4.78 is 15.4. The summed E-state index contributed by atoms with van der Waals surface area (Å²) in [5.41, 5.74) is 2.43. The van der Waals surface area contributed by atoms with E-state index >= 15 is 0 Å². The van der Waals surface area contributed by atoms with Crippen molar-refractivity contribution < 1.29 is 28.6 Å². The zero-order valence-electron chi connectivity index (χ0n) is 21.5. The van der Waals surface area contributed by atoms with Gasteiger partial charge in [-0.15, -0.1) is 0 Å². The first-order valence-corrected chi connectivity index (χ1v) is 11.9. The molecule has 0 saturated carbocycles. The van der Waals surface area contributed by atoms with Crippen molar-refractivity contribution in [2.45, 2.75) is 51.7 Å². The number of benzene rings is 2. The normalized spacial score (nSPS) is 11.4. The van der Waals surface area contributed by atoms with Gasteiger partial charge < -0.3 is 24.1 Å². The van der Waals surface area contributed by atoms with Gasteiger partial charge in [0.25, 0.3) is 0 Å². The quantitative estimate of drug-likeness (QED) is 0.256. The summed E-state index contributed by atoms with van der Waals surface area (Å²) in [6.45, 7) is 6.34. The molecule has 0 atom stereocenters. The number of methoxy groups -OCH3 is 2. The van der Waals surface area contributed by atoms with E-state index in [9.17, 15) is 14.4 Å². The van der Waals surface area contributed by atoms with Gasteiger partial charge in [0.15, 0.2) is 5.92 Å². The Kier molecular flexibility index (Phi) is 8.74. The molecule has 0 spiro atoms. The third-order valence-electron chi connectivity index (χ3n) is 5.73. The second-order valence-corrected chi connectivity index (χ2v) is 9.53. The first-order valence-electron chi connectivity index (χ1n) is 11.9. The highest BCUT2D eigenvalue weighted by Crippen LogP contribution is 2.31. The largest absolute Gasteiger partial charge is 0.468 e. The molecule has 0 bridgehead atoms. The molecule has 0 radical (unpaired) electrons. The Morgan fingerprint density at radius 3 is 2.14 bits per heavy atom. The number of aromatic amines is 1. The zero-order valence-corrected chi connectivity index (χ0v) is 21.5. The Labute approximate surface area is 211 Å². The molecule has 1 amide bonds. The van der Waals surface area contributed by atoms with E-state index < -0.39 is 29.6 Å². The molecular weight excluding hydrogens is 460 g/mol. The second kappa shape index (κ2) is 11.7. The third kappa shape index (κ3) is 6.65. The molecule has 0 fully saturated rings. The minimum atomic E-state index is -1.23. The molecule has 8 heteroatoms. The number of aromatic nitrogens is 1. The molecular formula is C28H34N2O6. The number of aryl methyl sites for hydroxylation is 1. The van der Waals surface area contributed by atoms with Gasteiger partial charge in [-0.25, -0.2) is 4.79 Å². The number of carbonyl (C=O) groups excluding carboxylic acids is 3. The van der Waals surface area contributed by atoms with Crippen LogP contribution < -0.4 is 0 Å². The summed E-state index contributed by atoms with van der Waals surface area (Å²) in [5.74, 6) is -2.63. The zero-order chi connectivity index (χ0) is 26.3. The molecule has 1 aromatic heterocycles. The summed E-state index contributed by atoms with van der Waals surface area (Å²) in [6.07, 6.45) is 0.695. The number of amides is 1. The smallest absolute Gasteiger partial charge is 0.410 e. The molecule has 1 N–H and O–H groups in total. The molecule has 0 saturated heterocycles. The van der Waals surface area contributed by atoms with Crippen molar-refractivity contribution in [1.82, 2.24) is 9.88 Å². The Bertz CT molecular complexity index is 1180. The standard InChI is InChI=1S/C28H34N2O6/c1-28(2,3)36-27(33)30(18-19-12-7-6-8-13-19)17-11-15-21-20-14-9-10-16-22(20)29-24(21)23(25(31)34-4)26(32)35-5/h6-10,12-14,16,23,29H,11,15,17-18H2,1-5H3. The number of esters is 2. The van der Waals surface area contributed by atoms with Crippen LogP contribution in [0.4, 0.5) is 4.79 Å². The van der Waals surface area contributed by atoms with E-state index in [1.54, 1.807) is 4.90 Å². The summed E-state index contributed by atoms with van der Waals surface area (Å²) in [4.78, 5) is 42.9. The van der Waals surface area contributed by atoms with Crippen molar-refractivity contribution in [3.8, 4) is 0 Å². The first kappa shape index (κ1) is 26.8. The lowest BCUT2D eigenvalue weighted by atomic mass is 9.97. The van der Waals surface area contributed by atoms with Crippen LogP contribution in [0, 0.1) is 0 Å². The van der Waals surface area contributed by atoms with Gasteiger partial charge >= 0.3 is 18.0 Å². The maximum absolute atomic E-state index is 13.0. The van der Waals surface area contributed by atoms with E-state index in [2.05, 4.69) is 4.98 Å². The van der Waals surface area contributed by atoms with Gasteiger partial charge in [-0.2, -0.15) is 0 Å². The number of fused-ring (bicyclic) bond motifs is 1. The molecule has 2 aromatic carbocycles. The van der Waals surface area contributed by atoms with Gasteiger partial charge in [-0.05, 0) is 50.8 Å². The van der Waals surface area contributed by atoms with E-state index in [1.807, 2.05) is 75.4 Å². The van der Waals surface area contributed by atoms with Crippen molar-refractivity contribution in [3.63, 3.8) is 0 Å². The van der Waals surface area contributed by atoms with E-state index in [-0.39, 0.29) is 0 Å². The summed E-state index contributed by atoms with van der Waals surface area (Å²) >= 11 is 0. The second-order valence-electron chi connectivity index (χ2n) is 9.53. The molecule has 3 rings (SSSR count). The van der Waals surface area contributed by atoms with Crippen LogP contribution in [0.25, 0.3) is 10.9 Å². The van der Waals surface area contributed by atoms with Gasteiger partial charge in [0, 0.05) is 29.7 Å². The van der Waals surface area contributed by atoms with Gasteiger partial charge in [-0.3, -0.25) is 9.59 Å². The number of H-pyrrole nitrogens is 1. The fourth-order valence-corrected chi connectivity index (χ4v) is 4.12.